The lowest BCUT2D eigenvalue weighted by atomic mass is 10.1. The van der Waals surface area contributed by atoms with Crippen molar-refractivity contribution in [3.05, 3.63) is 59.1 Å². The van der Waals surface area contributed by atoms with E-state index in [1.165, 1.54) is 0 Å². The van der Waals surface area contributed by atoms with E-state index < -0.39 is 6.10 Å². The minimum absolute atomic E-state index is 0.118. The van der Waals surface area contributed by atoms with Gasteiger partial charge in [-0.15, -0.1) is 0 Å². The first kappa shape index (κ1) is 22.0. The molecule has 1 atom stereocenters. The number of halogens is 1. The standard InChI is InChI=1S/C23H28ClN3O3/c1-3-18(4-2)26-23(29)21-14-27(19-10-5-6-11-20(19)30-21)15-22(28)25-13-16-8-7-9-17(24)12-16/h5-12,18,21H,3-4,13-15H2,1-2H3,(H,25,28)(H,26,29). The summed E-state index contributed by atoms with van der Waals surface area (Å²) < 4.78 is 5.94. The topological polar surface area (TPSA) is 70.7 Å². The molecule has 2 aromatic rings. The van der Waals surface area contributed by atoms with Crippen molar-refractivity contribution in [1.29, 1.82) is 0 Å². The van der Waals surface area contributed by atoms with Crippen molar-refractivity contribution in [1.82, 2.24) is 10.6 Å². The number of amides is 2. The van der Waals surface area contributed by atoms with E-state index in [2.05, 4.69) is 10.6 Å². The molecule has 3 rings (SSSR count). The van der Waals surface area contributed by atoms with Crippen LogP contribution in [-0.4, -0.2) is 37.0 Å². The maximum Gasteiger partial charge on any atom is 0.263 e. The Kier molecular flexibility index (Phi) is 7.57. The summed E-state index contributed by atoms with van der Waals surface area (Å²) >= 11 is 6.00. The van der Waals surface area contributed by atoms with Gasteiger partial charge < -0.3 is 20.3 Å². The fourth-order valence-electron chi connectivity index (χ4n) is 3.46. The van der Waals surface area contributed by atoms with Gasteiger partial charge in [0.05, 0.1) is 18.8 Å². The van der Waals surface area contributed by atoms with Gasteiger partial charge in [-0.1, -0.05) is 49.7 Å². The summed E-state index contributed by atoms with van der Waals surface area (Å²) in [5.41, 5.74) is 1.74. The summed E-state index contributed by atoms with van der Waals surface area (Å²) in [6, 6.07) is 15.0. The molecule has 0 saturated heterocycles. The lowest BCUT2D eigenvalue weighted by molar-refractivity contribution is -0.129. The third kappa shape index (κ3) is 5.66. The van der Waals surface area contributed by atoms with Gasteiger partial charge >= 0.3 is 0 Å². The van der Waals surface area contributed by atoms with E-state index in [0.717, 1.165) is 24.1 Å². The van der Waals surface area contributed by atoms with Gasteiger partial charge in [-0.2, -0.15) is 0 Å². The first-order chi connectivity index (χ1) is 14.5. The van der Waals surface area contributed by atoms with Crippen molar-refractivity contribution in [2.75, 3.05) is 18.0 Å². The number of rotatable bonds is 8. The Morgan fingerprint density at radius 2 is 1.93 bits per heavy atom. The van der Waals surface area contributed by atoms with Gasteiger partial charge in [0.25, 0.3) is 5.91 Å². The fraction of sp³-hybridized carbons (Fsp3) is 0.391. The summed E-state index contributed by atoms with van der Waals surface area (Å²) in [4.78, 5) is 27.2. The second kappa shape index (κ2) is 10.3. The molecule has 0 aliphatic carbocycles. The van der Waals surface area contributed by atoms with Crippen LogP contribution in [0.15, 0.2) is 48.5 Å². The number of ether oxygens (including phenoxy) is 1. The van der Waals surface area contributed by atoms with Crippen LogP contribution in [0.3, 0.4) is 0 Å². The molecule has 1 aliphatic heterocycles. The highest BCUT2D eigenvalue weighted by Gasteiger charge is 2.32. The van der Waals surface area contributed by atoms with Crippen LogP contribution in [0.5, 0.6) is 5.75 Å². The Morgan fingerprint density at radius 3 is 2.67 bits per heavy atom. The highest BCUT2D eigenvalue weighted by molar-refractivity contribution is 6.30. The van der Waals surface area contributed by atoms with E-state index in [4.69, 9.17) is 16.3 Å². The summed E-state index contributed by atoms with van der Waals surface area (Å²) in [6.07, 6.45) is 1.06. The quantitative estimate of drug-likeness (QED) is 0.673. The first-order valence-electron chi connectivity index (χ1n) is 10.3. The van der Waals surface area contributed by atoms with Crippen molar-refractivity contribution in [3.63, 3.8) is 0 Å². The molecule has 1 heterocycles. The Labute approximate surface area is 182 Å². The van der Waals surface area contributed by atoms with Crippen LogP contribution >= 0.6 is 11.6 Å². The van der Waals surface area contributed by atoms with Crippen LogP contribution in [0.1, 0.15) is 32.3 Å². The predicted octanol–water partition coefficient (Wildman–Crippen LogP) is 3.53. The summed E-state index contributed by atoms with van der Waals surface area (Å²) in [5.74, 6) is 0.324. The zero-order valence-corrected chi connectivity index (χ0v) is 18.1. The van der Waals surface area contributed by atoms with Crippen LogP contribution in [-0.2, 0) is 16.1 Å². The second-order valence-corrected chi connectivity index (χ2v) is 7.82. The zero-order chi connectivity index (χ0) is 21.5. The molecule has 30 heavy (non-hydrogen) atoms. The van der Waals surface area contributed by atoms with Gasteiger partial charge in [0.2, 0.25) is 5.91 Å². The molecule has 1 unspecified atom stereocenters. The van der Waals surface area contributed by atoms with Crippen LogP contribution in [0.25, 0.3) is 0 Å². The average molecular weight is 430 g/mol. The number of carbonyl (C=O) groups excluding carboxylic acids is 2. The van der Waals surface area contributed by atoms with Gasteiger partial charge in [0, 0.05) is 17.6 Å². The normalized spacial score (nSPS) is 15.3. The number of hydrogen-bond acceptors (Lipinski definition) is 4. The molecule has 1 aliphatic rings. The van der Waals surface area contributed by atoms with Crippen molar-refractivity contribution in [3.8, 4) is 5.75 Å². The number of carbonyl (C=O) groups is 2. The number of fused-ring (bicyclic) bond motifs is 1. The molecule has 0 saturated carbocycles. The van der Waals surface area contributed by atoms with E-state index in [0.29, 0.717) is 23.9 Å². The molecule has 0 bridgehead atoms. The van der Waals surface area contributed by atoms with Crippen molar-refractivity contribution in [2.45, 2.75) is 45.4 Å². The molecule has 2 amide bonds. The average Bonchev–Trinajstić information content (AvgIpc) is 2.76. The Morgan fingerprint density at radius 1 is 1.17 bits per heavy atom. The summed E-state index contributed by atoms with van der Waals surface area (Å²) in [7, 11) is 0. The van der Waals surface area contributed by atoms with Gasteiger partial charge in [-0.3, -0.25) is 9.59 Å². The minimum Gasteiger partial charge on any atom is -0.477 e. The fourth-order valence-corrected chi connectivity index (χ4v) is 3.67. The van der Waals surface area contributed by atoms with Gasteiger partial charge in [0.15, 0.2) is 6.10 Å². The van der Waals surface area contributed by atoms with Crippen LogP contribution < -0.4 is 20.3 Å². The van der Waals surface area contributed by atoms with Crippen LogP contribution in [0, 0.1) is 0 Å². The largest absolute Gasteiger partial charge is 0.477 e. The third-order valence-corrected chi connectivity index (χ3v) is 5.43. The molecule has 160 valence electrons. The Hall–Kier alpha value is -2.73. The summed E-state index contributed by atoms with van der Waals surface area (Å²) in [6.45, 7) is 4.93. The lowest BCUT2D eigenvalue weighted by Crippen LogP contribution is -2.52. The minimum atomic E-state index is -0.666. The van der Waals surface area contributed by atoms with Crippen molar-refractivity contribution < 1.29 is 14.3 Å². The van der Waals surface area contributed by atoms with Crippen LogP contribution in [0.2, 0.25) is 5.02 Å². The maximum atomic E-state index is 12.7. The highest BCUT2D eigenvalue weighted by atomic mass is 35.5. The van der Waals surface area contributed by atoms with E-state index in [9.17, 15) is 9.59 Å². The maximum absolute atomic E-state index is 12.7. The molecule has 7 heteroatoms. The molecular formula is C23H28ClN3O3. The van der Waals surface area contributed by atoms with Gasteiger partial charge in [-0.05, 0) is 42.7 Å². The van der Waals surface area contributed by atoms with E-state index in [1.807, 2.05) is 61.2 Å². The predicted molar refractivity (Wildman–Crippen MR) is 119 cm³/mol. The lowest BCUT2D eigenvalue weighted by Gasteiger charge is -2.35. The number of anilines is 1. The number of nitrogens with one attached hydrogen (secondary N) is 2. The molecule has 0 fully saturated rings. The van der Waals surface area contributed by atoms with Gasteiger partial charge in [0.1, 0.15) is 5.75 Å². The number of nitrogens with zero attached hydrogens (tertiary/aromatic N) is 1. The van der Waals surface area contributed by atoms with Gasteiger partial charge in [-0.25, -0.2) is 0 Å². The van der Waals surface area contributed by atoms with E-state index >= 15 is 0 Å². The summed E-state index contributed by atoms with van der Waals surface area (Å²) in [5, 5.41) is 6.59. The zero-order valence-electron chi connectivity index (χ0n) is 17.4. The monoisotopic (exact) mass is 429 g/mol. The molecule has 0 radical (unpaired) electrons. The number of benzene rings is 2. The SMILES string of the molecule is CCC(CC)NC(=O)C1CN(CC(=O)NCc2cccc(Cl)c2)c2ccccc2O1. The Balaban J connectivity index is 1.66. The molecule has 2 N–H and O–H groups in total. The first-order valence-corrected chi connectivity index (χ1v) is 10.7. The highest BCUT2D eigenvalue weighted by Crippen LogP contribution is 2.33. The van der Waals surface area contributed by atoms with Crippen molar-refractivity contribution >= 4 is 29.1 Å². The van der Waals surface area contributed by atoms with Crippen molar-refractivity contribution in [2.24, 2.45) is 0 Å². The van der Waals surface area contributed by atoms with Crippen LogP contribution in [0.4, 0.5) is 5.69 Å². The van der Waals surface area contributed by atoms with E-state index in [-0.39, 0.29) is 24.4 Å². The molecule has 0 spiro atoms. The smallest absolute Gasteiger partial charge is 0.263 e. The van der Waals surface area contributed by atoms with E-state index in [1.54, 1.807) is 6.07 Å². The number of para-hydroxylation sites is 2. The molecular weight excluding hydrogens is 402 g/mol. The Bertz CT molecular complexity index is 886. The molecule has 6 nitrogen and oxygen atoms in total. The second-order valence-electron chi connectivity index (χ2n) is 7.38. The third-order valence-electron chi connectivity index (χ3n) is 5.20. The molecule has 0 aromatic heterocycles. The molecule has 2 aromatic carbocycles. The number of hydrogen-bond donors (Lipinski definition) is 2.